The molecule has 16 heavy (non-hydrogen) atoms. The van der Waals surface area contributed by atoms with Crippen LogP contribution in [0.15, 0.2) is 0 Å². The molecule has 1 saturated heterocycles. The normalized spacial score (nSPS) is 36.2. The number of nitrogens with zero attached hydrogens (tertiary/aromatic N) is 1. The Hall–Kier alpha value is -0.120. The second-order valence-electron chi connectivity index (χ2n) is 6.31. The molecule has 0 amide bonds. The van der Waals surface area contributed by atoms with Crippen LogP contribution in [0.2, 0.25) is 0 Å². The third-order valence-corrected chi connectivity index (χ3v) is 4.38. The molecule has 2 N–H and O–H groups in total. The van der Waals surface area contributed by atoms with Crippen molar-refractivity contribution in [2.45, 2.75) is 45.1 Å². The Bertz CT molecular complexity index is 234. The molecule has 0 aromatic heterocycles. The van der Waals surface area contributed by atoms with Crippen LogP contribution in [-0.2, 0) is 0 Å². The van der Waals surface area contributed by atoms with Gasteiger partial charge in [-0.25, -0.2) is 0 Å². The van der Waals surface area contributed by atoms with E-state index in [2.05, 4.69) is 24.1 Å². The third kappa shape index (κ3) is 2.41. The van der Waals surface area contributed by atoms with Crippen molar-refractivity contribution in [1.29, 1.82) is 0 Å². The molecule has 0 aromatic carbocycles. The summed E-state index contributed by atoms with van der Waals surface area (Å²) < 4.78 is 0. The first-order valence-corrected chi connectivity index (χ1v) is 6.65. The van der Waals surface area contributed by atoms with E-state index >= 15 is 0 Å². The molecule has 2 rings (SSSR count). The fraction of sp³-hybridized carbons (Fsp3) is 1.00. The SMILES string of the molecule is CC1(C)CCC(CO)(N2CCCNCC2)C1. The maximum atomic E-state index is 9.83. The summed E-state index contributed by atoms with van der Waals surface area (Å²) >= 11 is 0. The molecule has 1 aliphatic carbocycles. The summed E-state index contributed by atoms with van der Waals surface area (Å²) in [5.41, 5.74) is 0.484. The van der Waals surface area contributed by atoms with Crippen LogP contribution in [0.1, 0.15) is 39.5 Å². The molecule has 0 aromatic rings. The molecule has 1 saturated carbocycles. The summed E-state index contributed by atoms with van der Waals surface area (Å²) in [6.07, 6.45) is 4.77. The van der Waals surface area contributed by atoms with Crippen molar-refractivity contribution in [2.24, 2.45) is 5.41 Å². The van der Waals surface area contributed by atoms with E-state index in [-0.39, 0.29) is 5.54 Å². The second-order valence-corrected chi connectivity index (χ2v) is 6.31. The van der Waals surface area contributed by atoms with Gasteiger partial charge in [0.25, 0.3) is 0 Å². The number of hydrogen-bond donors (Lipinski definition) is 2. The van der Waals surface area contributed by atoms with Crippen LogP contribution in [0, 0.1) is 5.41 Å². The van der Waals surface area contributed by atoms with Crippen molar-refractivity contribution in [3.63, 3.8) is 0 Å². The van der Waals surface area contributed by atoms with E-state index in [9.17, 15) is 5.11 Å². The van der Waals surface area contributed by atoms with Crippen molar-refractivity contribution in [2.75, 3.05) is 32.8 Å². The van der Waals surface area contributed by atoms with Gasteiger partial charge in [0.05, 0.1) is 6.61 Å². The molecular formula is C13H26N2O. The molecule has 0 radical (unpaired) electrons. The molecule has 1 heterocycles. The number of nitrogens with one attached hydrogen (secondary N) is 1. The van der Waals surface area contributed by atoms with Gasteiger partial charge in [0.15, 0.2) is 0 Å². The minimum Gasteiger partial charge on any atom is -0.394 e. The van der Waals surface area contributed by atoms with Crippen molar-refractivity contribution in [3.05, 3.63) is 0 Å². The lowest BCUT2D eigenvalue weighted by atomic mass is 9.87. The molecule has 1 atom stereocenters. The first-order valence-electron chi connectivity index (χ1n) is 6.65. The fourth-order valence-electron chi connectivity index (χ4n) is 3.46. The van der Waals surface area contributed by atoms with Crippen LogP contribution in [0.5, 0.6) is 0 Å². The van der Waals surface area contributed by atoms with Gasteiger partial charge in [-0.1, -0.05) is 13.8 Å². The van der Waals surface area contributed by atoms with Gasteiger partial charge in [0.1, 0.15) is 0 Å². The van der Waals surface area contributed by atoms with Crippen molar-refractivity contribution in [3.8, 4) is 0 Å². The number of aliphatic hydroxyl groups is 1. The number of hydrogen-bond acceptors (Lipinski definition) is 3. The maximum Gasteiger partial charge on any atom is 0.0615 e. The monoisotopic (exact) mass is 226 g/mol. The minimum atomic E-state index is 0.0789. The highest BCUT2D eigenvalue weighted by Crippen LogP contribution is 2.46. The first kappa shape index (κ1) is 12.3. The standard InChI is InChI=1S/C13H26N2O/c1-12(2)4-5-13(10-12,11-16)15-8-3-6-14-7-9-15/h14,16H,3-11H2,1-2H3. The summed E-state index contributed by atoms with van der Waals surface area (Å²) in [6.45, 7) is 9.43. The third-order valence-electron chi connectivity index (χ3n) is 4.38. The average molecular weight is 226 g/mol. The zero-order valence-corrected chi connectivity index (χ0v) is 10.8. The lowest BCUT2D eigenvalue weighted by Crippen LogP contribution is -2.51. The molecule has 0 spiro atoms. The van der Waals surface area contributed by atoms with Gasteiger partial charge in [-0.2, -0.15) is 0 Å². The maximum absolute atomic E-state index is 9.83. The van der Waals surface area contributed by atoms with Crippen LogP contribution >= 0.6 is 0 Å². The van der Waals surface area contributed by atoms with Crippen LogP contribution in [0.4, 0.5) is 0 Å². The summed E-state index contributed by atoms with van der Waals surface area (Å²) in [7, 11) is 0. The highest BCUT2D eigenvalue weighted by Gasteiger charge is 2.46. The molecule has 2 aliphatic rings. The van der Waals surface area contributed by atoms with Crippen molar-refractivity contribution >= 4 is 0 Å². The topological polar surface area (TPSA) is 35.5 Å². The zero-order chi connectivity index (χ0) is 11.6. The Balaban J connectivity index is 2.08. The molecule has 94 valence electrons. The Kier molecular flexibility index (Phi) is 3.57. The summed E-state index contributed by atoms with van der Waals surface area (Å²) in [5.74, 6) is 0. The smallest absolute Gasteiger partial charge is 0.0615 e. The molecule has 1 aliphatic heterocycles. The van der Waals surface area contributed by atoms with E-state index in [0.29, 0.717) is 12.0 Å². The van der Waals surface area contributed by atoms with E-state index in [1.54, 1.807) is 0 Å². The molecule has 2 fully saturated rings. The van der Waals surface area contributed by atoms with Crippen molar-refractivity contribution < 1.29 is 5.11 Å². The Labute approximate surface area is 99.2 Å². The van der Waals surface area contributed by atoms with E-state index in [1.807, 2.05) is 0 Å². The van der Waals surface area contributed by atoms with Gasteiger partial charge in [-0.3, -0.25) is 4.90 Å². The fourth-order valence-corrected chi connectivity index (χ4v) is 3.46. The zero-order valence-electron chi connectivity index (χ0n) is 10.8. The predicted molar refractivity (Wildman–Crippen MR) is 66.5 cm³/mol. The lowest BCUT2D eigenvalue weighted by molar-refractivity contribution is 0.0308. The highest BCUT2D eigenvalue weighted by molar-refractivity contribution is 5.01. The van der Waals surface area contributed by atoms with Crippen LogP contribution in [0.25, 0.3) is 0 Å². The summed E-state index contributed by atoms with van der Waals surface area (Å²) in [5, 5.41) is 13.3. The average Bonchev–Trinajstić information content (AvgIpc) is 2.47. The largest absolute Gasteiger partial charge is 0.394 e. The van der Waals surface area contributed by atoms with E-state index in [0.717, 1.165) is 39.0 Å². The quantitative estimate of drug-likeness (QED) is 0.743. The van der Waals surface area contributed by atoms with Gasteiger partial charge >= 0.3 is 0 Å². The summed E-state index contributed by atoms with van der Waals surface area (Å²) in [6, 6.07) is 0. The van der Waals surface area contributed by atoms with Gasteiger partial charge in [-0.05, 0) is 37.6 Å². The molecule has 3 nitrogen and oxygen atoms in total. The molecular weight excluding hydrogens is 200 g/mol. The first-order chi connectivity index (χ1) is 7.58. The second kappa shape index (κ2) is 4.63. The number of aliphatic hydroxyl groups excluding tert-OH is 1. The van der Waals surface area contributed by atoms with Gasteiger partial charge in [0, 0.05) is 25.2 Å². The Morgan fingerprint density at radius 1 is 1.19 bits per heavy atom. The predicted octanol–water partition coefficient (Wildman–Crippen LogP) is 1.22. The molecule has 0 bridgehead atoms. The lowest BCUT2D eigenvalue weighted by Gasteiger charge is -2.40. The molecule has 1 unspecified atom stereocenters. The molecule has 3 heteroatoms. The Morgan fingerprint density at radius 2 is 2.00 bits per heavy atom. The summed E-state index contributed by atoms with van der Waals surface area (Å²) in [4.78, 5) is 2.54. The highest BCUT2D eigenvalue weighted by atomic mass is 16.3. The van der Waals surface area contributed by atoms with Crippen LogP contribution in [-0.4, -0.2) is 48.3 Å². The Morgan fingerprint density at radius 3 is 2.62 bits per heavy atom. The van der Waals surface area contributed by atoms with Gasteiger partial charge in [-0.15, -0.1) is 0 Å². The van der Waals surface area contributed by atoms with Crippen molar-refractivity contribution in [1.82, 2.24) is 10.2 Å². The van der Waals surface area contributed by atoms with Crippen LogP contribution in [0.3, 0.4) is 0 Å². The number of rotatable bonds is 2. The van der Waals surface area contributed by atoms with Gasteiger partial charge < -0.3 is 10.4 Å². The van der Waals surface area contributed by atoms with Crippen LogP contribution < -0.4 is 5.32 Å². The van der Waals surface area contributed by atoms with Gasteiger partial charge in [0.2, 0.25) is 0 Å². The minimum absolute atomic E-state index is 0.0789. The van der Waals surface area contributed by atoms with E-state index < -0.39 is 0 Å². The van der Waals surface area contributed by atoms with E-state index in [1.165, 1.54) is 12.8 Å². The van der Waals surface area contributed by atoms with E-state index in [4.69, 9.17) is 0 Å².